The largest absolute Gasteiger partial charge is 0.367 e. The van der Waals surface area contributed by atoms with Gasteiger partial charge in [-0.1, -0.05) is 20.3 Å². The van der Waals surface area contributed by atoms with Crippen LogP contribution in [0.15, 0.2) is 18.3 Å². The van der Waals surface area contributed by atoms with Crippen LogP contribution in [0.3, 0.4) is 0 Å². The van der Waals surface area contributed by atoms with Gasteiger partial charge in [-0.15, -0.1) is 0 Å². The van der Waals surface area contributed by atoms with Gasteiger partial charge < -0.3 is 5.32 Å². The van der Waals surface area contributed by atoms with Gasteiger partial charge in [-0.05, 0) is 37.5 Å². The molecule has 0 saturated heterocycles. The summed E-state index contributed by atoms with van der Waals surface area (Å²) in [5.41, 5.74) is 1.25. The highest BCUT2D eigenvalue weighted by atomic mass is 15.0. The van der Waals surface area contributed by atoms with Crippen LogP contribution in [0.4, 0.5) is 5.82 Å². The molecule has 2 heteroatoms. The first-order chi connectivity index (χ1) is 6.63. The molecule has 0 aliphatic heterocycles. The van der Waals surface area contributed by atoms with Crippen molar-refractivity contribution in [2.45, 2.75) is 40.2 Å². The molecule has 2 atom stereocenters. The lowest BCUT2D eigenvalue weighted by Gasteiger charge is -2.20. The Morgan fingerprint density at radius 2 is 2.14 bits per heavy atom. The molecule has 1 N–H and O–H groups in total. The zero-order chi connectivity index (χ0) is 10.6. The number of aromatic nitrogens is 1. The summed E-state index contributed by atoms with van der Waals surface area (Å²) < 4.78 is 0. The van der Waals surface area contributed by atoms with Crippen molar-refractivity contribution in [3.63, 3.8) is 0 Å². The van der Waals surface area contributed by atoms with E-state index in [-0.39, 0.29) is 0 Å². The summed E-state index contributed by atoms with van der Waals surface area (Å²) in [5.74, 6) is 1.66. The first-order valence-corrected chi connectivity index (χ1v) is 5.32. The number of pyridine rings is 1. The SMILES string of the molecule is CCC(C)C(C)Nc1cc(C)ccn1. The lowest BCUT2D eigenvalue weighted by molar-refractivity contribution is 0.493. The van der Waals surface area contributed by atoms with E-state index in [0.717, 1.165) is 5.82 Å². The number of nitrogens with zero attached hydrogens (tertiary/aromatic N) is 1. The second-order valence-electron chi connectivity index (χ2n) is 4.04. The highest BCUT2D eigenvalue weighted by Crippen LogP contribution is 2.13. The Hall–Kier alpha value is -1.05. The molecular formula is C12H20N2. The number of hydrogen-bond acceptors (Lipinski definition) is 2. The zero-order valence-corrected chi connectivity index (χ0v) is 9.54. The van der Waals surface area contributed by atoms with Crippen LogP contribution < -0.4 is 5.32 Å². The van der Waals surface area contributed by atoms with Crippen molar-refractivity contribution in [1.29, 1.82) is 0 Å². The van der Waals surface area contributed by atoms with Crippen LogP contribution in [0.2, 0.25) is 0 Å². The Balaban J connectivity index is 2.60. The minimum Gasteiger partial charge on any atom is -0.367 e. The molecule has 2 nitrogen and oxygen atoms in total. The molecule has 0 aliphatic carbocycles. The Morgan fingerprint density at radius 1 is 1.43 bits per heavy atom. The predicted octanol–water partition coefficient (Wildman–Crippen LogP) is 3.24. The molecule has 0 aliphatic rings. The standard InChI is InChI=1S/C12H20N2/c1-5-10(3)11(4)14-12-8-9(2)6-7-13-12/h6-8,10-11H,5H2,1-4H3,(H,13,14). The number of anilines is 1. The van der Waals surface area contributed by atoms with Gasteiger partial charge in [0.2, 0.25) is 0 Å². The fourth-order valence-corrected chi connectivity index (χ4v) is 1.34. The molecule has 78 valence electrons. The van der Waals surface area contributed by atoms with E-state index in [4.69, 9.17) is 0 Å². The van der Waals surface area contributed by atoms with Gasteiger partial charge in [-0.2, -0.15) is 0 Å². The van der Waals surface area contributed by atoms with Crippen molar-refractivity contribution in [2.24, 2.45) is 5.92 Å². The fourth-order valence-electron chi connectivity index (χ4n) is 1.34. The molecule has 0 aromatic carbocycles. The third-order valence-corrected chi connectivity index (χ3v) is 2.79. The third kappa shape index (κ3) is 3.02. The average Bonchev–Trinajstić information content (AvgIpc) is 2.16. The zero-order valence-electron chi connectivity index (χ0n) is 9.54. The Morgan fingerprint density at radius 3 is 2.71 bits per heavy atom. The second-order valence-corrected chi connectivity index (χ2v) is 4.04. The van der Waals surface area contributed by atoms with E-state index in [1.54, 1.807) is 0 Å². The van der Waals surface area contributed by atoms with Crippen molar-refractivity contribution >= 4 is 5.82 Å². The van der Waals surface area contributed by atoms with Gasteiger partial charge in [0, 0.05) is 12.2 Å². The number of rotatable bonds is 4. The van der Waals surface area contributed by atoms with Crippen molar-refractivity contribution in [3.05, 3.63) is 23.9 Å². The van der Waals surface area contributed by atoms with Crippen LogP contribution in [0.25, 0.3) is 0 Å². The lowest BCUT2D eigenvalue weighted by Crippen LogP contribution is -2.23. The quantitative estimate of drug-likeness (QED) is 0.792. The molecule has 0 amide bonds. The summed E-state index contributed by atoms with van der Waals surface area (Å²) in [6, 6.07) is 4.58. The number of aryl methyl sites for hydroxylation is 1. The van der Waals surface area contributed by atoms with Gasteiger partial charge in [0.1, 0.15) is 5.82 Å². The minimum atomic E-state index is 0.481. The number of hydrogen-bond donors (Lipinski definition) is 1. The van der Waals surface area contributed by atoms with Crippen LogP contribution >= 0.6 is 0 Å². The molecule has 0 radical (unpaired) electrons. The molecular weight excluding hydrogens is 172 g/mol. The van der Waals surface area contributed by atoms with Crippen molar-refractivity contribution < 1.29 is 0 Å². The van der Waals surface area contributed by atoms with Gasteiger partial charge in [0.15, 0.2) is 0 Å². The molecule has 0 saturated carbocycles. The molecule has 1 aromatic rings. The molecule has 0 fully saturated rings. The first-order valence-electron chi connectivity index (χ1n) is 5.32. The second kappa shape index (κ2) is 4.99. The third-order valence-electron chi connectivity index (χ3n) is 2.79. The monoisotopic (exact) mass is 192 g/mol. The predicted molar refractivity (Wildman–Crippen MR) is 61.5 cm³/mol. The summed E-state index contributed by atoms with van der Waals surface area (Å²) in [4.78, 5) is 4.29. The van der Waals surface area contributed by atoms with Gasteiger partial charge in [0.05, 0.1) is 0 Å². The normalized spacial score (nSPS) is 14.9. The number of nitrogens with one attached hydrogen (secondary N) is 1. The summed E-state index contributed by atoms with van der Waals surface area (Å²) >= 11 is 0. The van der Waals surface area contributed by atoms with E-state index < -0.39 is 0 Å². The topological polar surface area (TPSA) is 24.9 Å². The van der Waals surface area contributed by atoms with Crippen LogP contribution in [0.5, 0.6) is 0 Å². The molecule has 1 rings (SSSR count). The van der Waals surface area contributed by atoms with E-state index in [1.165, 1.54) is 12.0 Å². The summed E-state index contributed by atoms with van der Waals surface area (Å²) in [6.45, 7) is 8.76. The maximum atomic E-state index is 4.29. The minimum absolute atomic E-state index is 0.481. The Kier molecular flexibility index (Phi) is 3.93. The Bertz CT molecular complexity index is 283. The van der Waals surface area contributed by atoms with E-state index in [2.05, 4.69) is 44.1 Å². The average molecular weight is 192 g/mol. The van der Waals surface area contributed by atoms with Gasteiger partial charge >= 0.3 is 0 Å². The van der Waals surface area contributed by atoms with Crippen LogP contribution in [0.1, 0.15) is 32.8 Å². The first kappa shape index (κ1) is 11.0. The fraction of sp³-hybridized carbons (Fsp3) is 0.583. The summed E-state index contributed by atoms with van der Waals surface area (Å²) in [6.07, 6.45) is 3.04. The van der Waals surface area contributed by atoms with Gasteiger partial charge in [-0.3, -0.25) is 0 Å². The van der Waals surface area contributed by atoms with E-state index in [1.807, 2.05) is 12.3 Å². The molecule has 0 bridgehead atoms. The highest BCUT2D eigenvalue weighted by molar-refractivity contribution is 5.37. The Labute approximate surface area is 86.8 Å². The van der Waals surface area contributed by atoms with E-state index in [9.17, 15) is 0 Å². The van der Waals surface area contributed by atoms with Crippen LogP contribution in [-0.4, -0.2) is 11.0 Å². The summed E-state index contributed by atoms with van der Waals surface area (Å²) in [5, 5.41) is 3.42. The summed E-state index contributed by atoms with van der Waals surface area (Å²) in [7, 11) is 0. The smallest absolute Gasteiger partial charge is 0.126 e. The van der Waals surface area contributed by atoms with Crippen molar-refractivity contribution in [2.75, 3.05) is 5.32 Å². The van der Waals surface area contributed by atoms with E-state index >= 15 is 0 Å². The molecule has 1 heterocycles. The van der Waals surface area contributed by atoms with Crippen molar-refractivity contribution in [1.82, 2.24) is 4.98 Å². The van der Waals surface area contributed by atoms with Gasteiger partial charge in [0.25, 0.3) is 0 Å². The van der Waals surface area contributed by atoms with Crippen molar-refractivity contribution in [3.8, 4) is 0 Å². The van der Waals surface area contributed by atoms with Gasteiger partial charge in [-0.25, -0.2) is 4.98 Å². The van der Waals surface area contributed by atoms with Crippen LogP contribution in [-0.2, 0) is 0 Å². The van der Waals surface area contributed by atoms with E-state index in [0.29, 0.717) is 12.0 Å². The maximum absolute atomic E-state index is 4.29. The lowest BCUT2D eigenvalue weighted by atomic mass is 10.0. The molecule has 2 unspecified atom stereocenters. The molecule has 14 heavy (non-hydrogen) atoms. The molecule has 1 aromatic heterocycles. The molecule has 0 spiro atoms. The maximum Gasteiger partial charge on any atom is 0.126 e. The highest BCUT2D eigenvalue weighted by Gasteiger charge is 2.09. The van der Waals surface area contributed by atoms with Crippen LogP contribution in [0, 0.1) is 12.8 Å².